The molecule has 0 aliphatic heterocycles. The number of hydrogen-bond acceptors (Lipinski definition) is 5. The summed E-state index contributed by atoms with van der Waals surface area (Å²) in [5.74, 6) is 0. The van der Waals surface area contributed by atoms with E-state index in [2.05, 4.69) is 125 Å². The van der Waals surface area contributed by atoms with Crippen molar-refractivity contribution in [2.75, 3.05) is 9.80 Å². The van der Waals surface area contributed by atoms with E-state index in [1.165, 1.54) is 20.2 Å². The summed E-state index contributed by atoms with van der Waals surface area (Å²) in [7, 11) is 0. The summed E-state index contributed by atoms with van der Waals surface area (Å²) in [4.78, 5) is 9.36. The molecule has 0 N–H and O–H groups in total. The van der Waals surface area contributed by atoms with E-state index in [1.807, 2.05) is 54.6 Å². The third kappa shape index (κ3) is 6.00. The van der Waals surface area contributed by atoms with Gasteiger partial charge in [-0.25, -0.2) is 4.98 Å². The van der Waals surface area contributed by atoms with E-state index in [9.17, 15) is 0 Å². The van der Waals surface area contributed by atoms with Crippen molar-refractivity contribution >= 4 is 87.2 Å². The van der Waals surface area contributed by atoms with Crippen LogP contribution in [0, 0.1) is 0 Å². The van der Waals surface area contributed by atoms with E-state index in [-0.39, 0.29) is 29.7 Å². The molecule has 54 heavy (non-hydrogen) atoms. The molecule has 0 unspecified atom stereocenters. The van der Waals surface area contributed by atoms with Gasteiger partial charge in [-0.1, -0.05) is 96.9 Å². The van der Waals surface area contributed by atoms with Crippen LogP contribution < -0.4 is 9.80 Å². The zero-order chi connectivity index (χ0) is 40.2. The van der Waals surface area contributed by atoms with Gasteiger partial charge in [0, 0.05) is 59.9 Å². The van der Waals surface area contributed by atoms with E-state index < -0.39 is 6.04 Å². The molecule has 10 rings (SSSR count). The first-order valence-electron chi connectivity index (χ1n) is 20.1. The summed E-state index contributed by atoms with van der Waals surface area (Å²) in [6, 6.07) is 56.8. The number of benzene rings is 8. The standard InChI is InChI=1S/C49H33N3S2/c1-4-12-34(13-5-1)35-20-24-39(25-21-35)52(38-16-8-3-9-17-38)42-28-30-43-44-32-41(29-31-46(44)53-48(43)33-42)51(37-14-6-2-7-15-37)40-26-22-36(23-27-40)49-50-45-18-10-11-19-47(45)54-49/h1-33H/i1D,4D,5D,12D,13D. The molecule has 0 aliphatic carbocycles. The lowest BCUT2D eigenvalue weighted by Gasteiger charge is -2.26. The highest BCUT2D eigenvalue weighted by atomic mass is 32.1. The fraction of sp³-hybridized carbons (Fsp3) is 0. The van der Waals surface area contributed by atoms with Gasteiger partial charge in [0.2, 0.25) is 0 Å². The molecule has 8 aromatic carbocycles. The van der Waals surface area contributed by atoms with E-state index >= 15 is 0 Å². The predicted molar refractivity (Wildman–Crippen MR) is 233 cm³/mol. The highest BCUT2D eigenvalue weighted by Crippen LogP contribution is 2.44. The molecule has 0 fully saturated rings. The minimum Gasteiger partial charge on any atom is -0.310 e. The maximum absolute atomic E-state index is 8.49. The van der Waals surface area contributed by atoms with Crippen LogP contribution in [-0.4, -0.2) is 4.98 Å². The van der Waals surface area contributed by atoms with Gasteiger partial charge >= 0.3 is 0 Å². The zero-order valence-electron chi connectivity index (χ0n) is 33.8. The fourth-order valence-electron chi connectivity index (χ4n) is 7.00. The van der Waals surface area contributed by atoms with Gasteiger partial charge in [-0.3, -0.25) is 0 Å². The molecule has 2 heterocycles. The van der Waals surface area contributed by atoms with Crippen molar-refractivity contribution in [2.24, 2.45) is 0 Å². The van der Waals surface area contributed by atoms with Crippen molar-refractivity contribution in [2.45, 2.75) is 0 Å². The van der Waals surface area contributed by atoms with Gasteiger partial charge in [0.1, 0.15) is 5.01 Å². The van der Waals surface area contributed by atoms with Gasteiger partial charge in [0.05, 0.1) is 17.1 Å². The topological polar surface area (TPSA) is 19.4 Å². The summed E-state index contributed by atoms with van der Waals surface area (Å²) >= 11 is 3.47. The Morgan fingerprint density at radius 1 is 0.389 bits per heavy atom. The molecular weight excluding hydrogens is 695 g/mol. The van der Waals surface area contributed by atoms with Crippen LogP contribution in [0.2, 0.25) is 0 Å². The summed E-state index contributed by atoms with van der Waals surface area (Å²) in [6.45, 7) is 0. The molecule has 0 radical (unpaired) electrons. The van der Waals surface area contributed by atoms with Gasteiger partial charge in [0.25, 0.3) is 0 Å². The highest BCUT2D eigenvalue weighted by molar-refractivity contribution is 7.25. The molecule has 0 atom stereocenters. The Hall–Kier alpha value is -6.53. The monoisotopic (exact) mass is 732 g/mol. The molecule has 0 saturated carbocycles. The lowest BCUT2D eigenvalue weighted by molar-refractivity contribution is 1.29. The number of anilines is 6. The first kappa shape index (κ1) is 27.1. The van der Waals surface area contributed by atoms with Crippen LogP contribution in [0.15, 0.2) is 200 Å². The van der Waals surface area contributed by atoms with Crippen LogP contribution in [-0.2, 0) is 0 Å². The summed E-state index contributed by atoms with van der Waals surface area (Å²) in [5.41, 5.74) is 8.86. The average molecular weight is 733 g/mol. The Kier molecular flexibility index (Phi) is 6.93. The predicted octanol–water partition coefficient (Wildman–Crippen LogP) is 14.9. The Morgan fingerprint density at radius 2 is 0.944 bits per heavy atom. The second-order valence-corrected chi connectivity index (χ2v) is 15.0. The Morgan fingerprint density at radius 3 is 1.61 bits per heavy atom. The van der Waals surface area contributed by atoms with Crippen LogP contribution in [0.1, 0.15) is 6.85 Å². The SMILES string of the molecule is [2H]c1c([2H])c([2H])c(-c2ccc(N(c3ccccc3)c3ccc4c(c3)sc3ccc(N(c5ccccc5)c5ccc(-c6nc7ccccc7s6)cc5)cc34)cc2)c([2H])c1[2H]. The smallest absolute Gasteiger partial charge is 0.124 e. The number of aromatic nitrogens is 1. The Balaban J connectivity index is 1.02. The van der Waals surface area contributed by atoms with Crippen LogP contribution >= 0.6 is 22.7 Å². The quantitative estimate of drug-likeness (QED) is 0.155. The van der Waals surface area contributed by atoms with Crippen molar-refractivity contribution in [1.29, 1.82) is 0 Å². The molecule has 0 spiro atoms. The van der Waals surface area contributed by atoms with Crippen LogP contribution in [0.4, 0.5) is 34.1 Å². The van der Waals surface area contributed by atoms with Gasteiger partial charge in [0.15, 0.2) is 0 Å². The number of rotatable bonds is 8. The molecule has 0 amide bonds. The molecule has 5 heteroatoms. The molecule has 0 bridgehead atoms. The minimum absolute atomic E-state index is 0.187. The molecule has 3 nitrogen and oxygen atoms in total. The average Bonchev–Trinajstić information content (AvgIpc) is 3.88. The number of thiophene rings is 1. The van der Waals surface area contributed by atoms with Gasteiger partial charge in [-0.05, 0) is 114 Å². The van der Waals surface area contributed by atoms with Crippen molar-refractivity contribution in [1.82, 2.24) is 4.98 Å². The third-order valence-corrected chi connectivity index (χ3v) is 11.8. The van der Waals surface area contributed by atoms with Crippen molar-refractivity contribution < 1.29 is 6.85 Å². The first-order valence-corrected chi connectivity index (χ1v) is 19.3. The summed E-state index contributed by atoms with van der Waals surface area (Å²) < 4.78 is 44.9. The van der Waals surface area contributed by atoms with Crippen molar-refractivity contribution in [3.05, 3.63) is 200 Å². The van der Waals surface area contributed by atoms with Crippen LogP contribution in [0.3, 0.4) is 0 Å². The molecule has 2 aromatic heterocycles. The molecule has 10 aromatic rings. The lowest BCUT2D eigenvalue weighted by atomic mass is 10.0. The van der Waals surface area contributed by atoms with E-state index in [0.29, 0.717) is 5.56 Å². The van der Waals surface area contributed by atoms with Crippen molar-refractivity contribution in [3.63, 3.8) is 0 Å². The second-order valence-electron chi connectivity index (χ2n) is 12.9. The lowest BCUT2D eigenvalue weighted by Crippen LogP contribution is -2.09. The second kappa shape index (κ2) is 13.8. The Labute approximate surface area is 329 Å². The van der Waals surface area contributed by atoms with Gasteiger partial charge < -0.3 is 9.80 Å². The molecular formula is C49H33N3S2. The fourth-order valence-corrected chi connectivity index (χ4v) is 9.09. The number of hydrogen-bond donors (Lipinski definition) is 0. The zero-order valence-corrected chi connectivity index (χ0v) is 30.5. The van der Waals surface area contributed by atoms with Crippen LogP contribution in [0.25, 0.3) is 52.1 Å². The number of para-hydroxylation sites is 3. The van der Waals surface area contributed by atoms with E-state index in [1.54, 1.807) is 22.7 Å². The van der Waals surface area contributed by atoms with E-state index in [4.69, 9.17) is 11.8 Å². The normalized spacial score (nSPS) is 12.6. The molecule has 0 saturated heterocycles. The number of fused-ring (bicyclic) bond motifs is 4. The van der Waals surface area contributed by atoms with Crippen LogP contribution in [0.5, 0.6) is 0 Å². The van der Waals surface area contributed by atoms with E-state index in [0.717, 1.165) is 54.9 Å². The maximum atomic E-state index is 8.49. The maximum Gasteiger partial charge on any atom is 0.124 e. The van der Waals surface area contributed by atoms with Gasteiger partial charge in [-0.2, -0.15) is 0 Å². The summed E-state index contributed by atoms with van der Waals surface area (Å²) in [6.07, 6.45) is 0. The van der Waals surface area contributed by atoms with Crippen molar-refractivity contribution in [3.8, 4) is 21.7 Å². The molecule has 256 valence electrons. The third-order valence-electron chi connectivity index (χ3n) is 9.56. The number of nitrogens with zero attached hydrogens (tertiary/aromatic N) is 3. The largest absolute Gasteiger partial charge is 0.310 e. The minimum atomic E-state index is -0.399. The Bertz CT molecular complexity index is 3110. The van der Waals surface area contributed by atoms with Gasteiger partial charge in [-0.15, -0.1) is 22.7 Å². The highest BCUT2D eigenvalue weighted by Gasteiger charge is 2.18. The number of thiazole rings is 1. The first-order chi connectivity index (χ1) is 28.8. The molecule has 0 aliphatic rings. The summed E-state index contributed by atoms with van der Waals surface area (Å²) in [5, 5.41) is 3.35.